The summed E-state index contributed by atoms with van der Waals surface area (Å²) in [6, 6.07) is 14.3. The molecule has 0 atom stereocenters. The molecule has 0 saturated heterocycles. The quantitative estimate of drug-likeness (QED) is 0.809. The Bertz CT molecular complexity index is 515. The molecule has 0 unspecified atom stereocenters. The summed E-state index contributed by atoms with van der Waals surface area (Å²) in [7, 11) is 1.66. The van der Waals surface area contributed by atoms with Crippen molar-refractivity contribution >= 4 is 0 Å². The fourth-order valence-corrected chi connectivity index (χ4v) is 1.74. The molecule has 0 aliphatic rings. The summed E-state index contributed by atoms with van der Waals surface area (Å²) in [5.41, 5.74) is 3.57. The van der Waals surface area contributed by atoms with Crippen LogP contribution >= 0.6 is 0 Å². The molecule has 2 aromatic rings. The van der Waals surface area contributed by atoms with Gasteiger partial charge in [0.2, 0.25) is 0 Å². The fourth-order valence-electron chi connectivity index (χ4n) is 1.74. The number of benzene rings is 2. The highest BCUT2D eigenvalue weighted by molar-refractivity contribution is 5.42. The van der Waals surface area contributed by atoms with Crippen molar-refractivity contribution in [2.45, 2.75) is 20.5 Å². The van der Waals surface area contributed by atoms with Crippen LogP contribution in [0.1, 0.15) is 16.7 Å². The number of ether oxygens (including phenoxy) is 2. The Hall–Kier alpha value is -1.96. The molecule has 0 N–H and O–H groups in total. The first-order chi connectivity index (χ1) is 8.69. The molecule has 2 nitrogen and oxygen atoms in total. The number of hydrogen-bond donors (Lipinski definition) is 0. The van der Waals surface area contributed by atoms with Crippen LogP contribution in [0.25, 0.3) is 0 Å². The van der Waals surface area contributed by atoms with Crippen LogP contribution in [0, 0.1) is 13.8 Å². The van der Waals surface area contributed by atoms with Crippen molar-refractivity contribution in [1.29, 1.82) is 0 Å². The minimum Gasteiger partial charge on any atom is -0.493 e. The molecule has 0 saturated carbocycles. The average Bonchev–Trinajstić information content (AvgIpc) is 2.39. The van der Waals surface area contributed by atoms with Crippen LogP contribution in [0.15, 0.2) is 42.5 Å². The lowest BCUT2D eigenvalue weighted by Gasteiger charge is -2.11. The fraction of sp³-hybridized carbons (Fsp3) is 0.250. The maximum absolute atomic E-state index is 5.78. The molecule has 0 heterocycles. The average molecular weight is 242 g/mol. The predicted octanol–water partition coefficient (Wildman–Crippen LogP) is 3.89. The maximum Gasteiger partial charge on any atom is 0.161 e. The van der Waals surface area contributed by atoms with Crippen molar-refractivity contribution < 1.29 is 9.47 Å². The molecular weight excluding hydrogens is 224 g/mol. The molecular formula is C16H18O2. The topological polar surface area (TPSA) is 18.5 Å². The third-order valence-corrected chi connectivity index (χ3v) is 2.83. The van der Waals surface area contributed by atoms with Gasteiger partial charge in [-0.2, -0.15) is 0 Å². The van der Waals surface area contributed by atoms with E-state index in [0.717, 1.165) is 22.6 Å². The summed E-state index contributed by atoms with van der Waals surface area (Å²) < 4.78 is 11.1. The van der Waals surface area contributed by atoms with E-state index in [2.05, 4.69) is 31.2 Å². The molecule has 0 aliphatic carbocycles. The third-order valence-electron chi connectivity index (χ3n) is 2.83. The van der Waals surface area contributed by atoms with Gasteiger partial charge in [-0.25, -0.2) is 0 Å². The Morgan fingerprint density at radius 2 is 1.50 bits per heavy atom. The first kappa shape index (κ1) is 12.5. The SMILES string of the molecule is COc1cc(C)ccc1OCc1ccc(C)cc1. The highest BCUT2D eigenvalue weighted by Crippen LogP contribution is 2.28. The van der Waals surface area contributed by atoms with E-state index in [4.69, 9.17) is 9.47 Å². The van der Waals surface area contributed by atoms with E-state index in [0.29, 0.717) is 6.61 Å². The van der Waals surface area contributed by atoms with Gasteiger partial charge in [-0.15, -0.1) is 0 Å². The van der Waals surface area contributed by atoms with Gasteiger partial charge in [0.05, 0.1) is 7.11 Å². The predicted molar refractivity (Wildman–Crippen MR) is 73.2 cm³/mol. The lowest BCUT2D eigenvalue weighted by molar-refractivity contribution is 0.284. The van der Waals surface area contributed by atoms with Crippen molar-refractivity contribution in [3.8, 4) is 11.5 Å². The van der Waals surface area contributed by atoms with Crippen LogP contribution < -0.4 is 9.47 Å². The Kier molecular flexibility index (Phi) is 3.88. The summed E-state index contributed by atoms with van der Waals surface area (Å²) in [5, 5.41) is 0. The second-order valence-corrected chi connectivity index (χ2v) is 4.43. The van der Waals surface area contributed by atoms with E-state index < -0.39 is 0 Å². The Balaban J connectivity index is 2.08. The second kappa shape index (κ2) is 5.58. The third kappa shape index (κ3) is 3.04. The molecule has 0 aromatic heterocycles. The van der Waals surface area contributed by atoms with Gasteiger partial charge in [-0.05, 0) is 37.1 Å². The van der Waals surface area contributed by atoms with Crippen molar-refractivity contribution in [3.05, 3.63) is 59.2 Å². The largest absolute Gasteiger partial charge is 0.493 e. The zero-order valence-corrected chi connectivity index (χ0v) is 11.1. The summed E-state index contributed by atoms with van der Waals surface area (Å²) in [5.74, 6) is 1.56. The summed E-state index contributed by atoms with van der Waals surface area (Å²) in [6.07, 6.45) is 0. The highest BCUT2D eigenvalue weighted by atomic mass is 16.5. The second-order valence-electron chi connectivity index (χ2n) is 4.43. The van der Waals surface area contributed by atoms with E-state index in [1.807, 2.05) is 25.1 Å². The molecule has 94 valence electrons. The molecule has 0 bridgehead atoms. The minimum atomic E-state index is 0.555. The summed E-state index contributed by atoms with van der Waals surface area (Å²) in [6.45, 7) is 4.67. The molecule has 2 rings (SSSR count). The Morgan fingerprint density at radius 3 is 2.17 bits per heavy atom. The maximum atomic E-state index is 5.78. The zero-order valence-electron chi connectivity index (χ0n) is 11.1. The van der Waals surface area contributed by atoms with Crippen LogP contribution in [-0.4, -0.2) is 7.11 Å². The Morgan fingerprint density at radius 1 is 0.833 bits per heavy atom. The van der Waals surface area contributed by atoms with Gasteiger partial charge >= 0.3 is 0 Å². The van der Waals surface area contributed by atoms with Gasteiger partial charge in [-0.3, -0.25) is 0 Å². The molecule has 18 heavy (non-hydrogen) atoms. The highest BCUT2D eigenvalue weighted by Gasteiger charge is 2.04. The van der Waals surface area contributed by atoms with Crippen molar-refractivity contribution in [2.75, 3.05) is 7.11 Å². The summed E-state index contributed by atoms with van der Waals surface area (Å²) >= 11 is 0. The van der Waals surface area contributed by atoms with Gasteiger partial charge in [0.15, 0.2) is 11.5 Å². The van der Waals surface area contributed by atoms with Gasteiger partial charge in [0.25, 0.3) is 0 Å². The normalized spacial score (nSPS) is 10.2. The molecule has 2 aromatic carbocycles. The van der Waals surface area contributed by atoms with Crippen LogP contribution in [-0.2, 0) is 6.61 Å². The van der Waals surface area contributed by atoms with Crippen molar-refractivity contribution in [3.63, 3.8) is 0 Å². The van der Waals surface area contributed by atoms with Crippen LogP contribution in [0.5, 0.6) is 11.5 Å². The number of hydrogen-bond acceptors (Lipinski definition) is 2. The molecule has 0 radical (unpaired) electrons. The summed E-state index contributed by atoms with van der Waals surface area (Å²) in [4.78, 5) is 0. The number of aryl methyl sites for hydroxylation is 2. The Labute approximate surface area is 108 Å². The van der Waals surface area contributed by atoms with Crippen molar-refractivity contribution in [2.24, 2.45) is 0 Å². The first-order valence-corrected chi connectivity index (χ1v) is 6.02. The molecule has 0 spiro atoms. The lowest BCUT2D eigenvalue weighted by atomic mass is 10.2. The standard InChI is InChI=1S/C16H18O2/c1-12-4-7-14(8-5-12)11-18-15-9-6-13(2)10-16(15)17-3/h4-10H,11H2,1-3H3. The lowest BCUT2D eigenvalue weighted by Crippen LogP contribution is -1.97. The van der Waals surface area contributed by atoms with Crippen molar-refractivity contribution in [1.82, 2.24) is 0 Å². The molecule has 2 heteroatoms. The van der Waals surface area contributed by atoms with E-state index in [1.54, 1.807) is 7.11 Å². The number of rotatable bonds is 4. The van der Waals surface area contributed by atoms with Crippen LogP contribution in [0.4, 0.5) is 0 Å². The van der Waals surface area contributed by atoms with E-state index >= 15 is 0 Å². The molecule has 0 aliphatic heterocycles. The van der Waals surface area contributed by atoms with Crippen LogP contribution in [0.2, 0.25) is 0 Å². The molecule has 0 amide bonds. The monoisotopic (exact) mass is 242 g/mol. The minimum absolute atomic E-state index is 0.555. The van der Waals surface area contributed by atoms with E-state index in [9.17, 15) is 0 Å². The van der Waals surface area contributed by atoms with Gasteiger partial charge in [-0.1, -0.05) is 35.9 Å². The van der Waals surface area contributed by atoms with Crippen LogP contribution in [0.3, 0.4) is 0 Å². The smallest absolute Gasteiger partial charge is 0.161 e. The van der Waals surface area contributed by atoms with E-state index in [1.165, 1.54) is 5.56 Å². The van der Waals surface area contributed by atoms with Gasteiger partial charge < -0.3 is 9.47 Å². The zero-order chi connectivity index (χ0) is 13.0. The number of methoxy groups -OCH3 is 1. The van der Waals surface area contributed by atoms with E-state index in [-0.39, 0.29) is 0 Å². The molecule has 0 fully saturated rings. The van der Waals surface area contributed by atoms with Gasteiger partial charge in [0.1, 0.15) is 6.61 Å². The first-order valence-electron chi connectivity index (χ1n) is 6.02. The van der Waals surface area contributed by atoms with Gasteiger partial charge in [0, 0.05) is 0 Å².